The van der Waals surface area contributed by atoms with Crippen LogP contribution < -0.4 is 11.1 Å². The quantitative estimate of drug-likeness (QED) is 0.777. The fourth-order valence-electron chi connectivity index (χ4n) is 2.14. The Kier molecular flexibility index (Phi) is 4.85. The van der Waals surface area contributed by atoms with Crippen LogP contribution >= 0.6 is 0 Å². The van der Waals surface area contributed by atoms with Crippen molar-refractivity contribution in [2.75, 3.05) is 33.7 Å². The molecular formula is C11H19F3N4O2. The van der Waals surface area contributed by atoms with Crippen LogP contribution in [-0.2, 0) is 4.79 Å². The van der Waals surface area contributed by atoms with Crippen LogP contribution in [0.1, 0.15) is 12.8 Å². The van der Waals surface area contributed by atoms with Crippen LogP contribution in [0, 0.1) is 0 Å². The molecule has 0 aromatic carbocycles. The lowest BCUT2D eigenvalue weighted by molar-refractivity contribution is -0.138. The Balaban J connectivity index is 2.69. The van der Waals surface area contributed by atoms with Gasteiger partial charge in [-0.1, -0.05) is 0 Å². The van der Waals surface area contributed by atoms with Gasteiger partial charge >= 0.3 is 12.2 Å². The molecule has 6 nitrogen and oxygen atoms in total. The molecule has 1 saturated heterocycles. The summed E-state index contributed by atoms with van der Waals surface area (Å²) in [6.45, 7) is -0.910. The maximum absolute atomic E-state index is 12.3. The Labute approximate surface area is 115 Å². The summed E-state index contributed by atoms with van der Waals surface area (Å²) < 4.78 is 36.8. The van der Waals surface area contributed by atoms with E-state index >= 15 is 0 Å². The molecule has 1 aliphatic heterocycles. The molecule has 3 amide bonds. The van der Waals surface area contributed by atoms with Crippen molar-refractivity contribution in [3.63, 3.8) is 0 Å². The number of primary amides is 1. The van der Waals surface area contributed by atoms with Crippen LogP contribution in [0.2, 0.25) is 0 Å². The molecule has 3 N–H and O–H groups in total. The second-order valence-corrected chi connectivity index (χ2v) is 5.08. The second-order valence-electron chi connectivity index (χ2n) is 5.08. The summed E-state index contributed by atoms with van der Waals surface area (Å²) in [5, 5.41) is 2.21. The van der Waals surface area contributed by atoms with Gasteiger partial charge in [-0.2, -0.15) is 13.2 Å². The molecule has 9 heteroatoms. The molecular weight excluding hydrogens is 277 g/mol. The Bertz CT molecular complexity index is 376. The highest BCUT2D eigenvalue weighted by molar-refractivity contribution is 5.85. The van der Waals surface area contributed by atoms with Crippen molar-refractivity contribution < 1.29 is 22.8 Å². The average molecular weight is 296 g/mol. The molecule has 1 rings (SSSR count). The number of alkyl halides is 3. The van der Waals surface area contributed by atoms with E-state index in [2.05, 4.69) is 5.32 Å². The Morgan fingerprint density at radius 1 is 1.30 bits per heavy atom. The summed E-state index contributed by atoms with van der Waals surface area (Å²) in [5.41, 5.74) is 3.83. The van der Waals surface area contributed by atoms with Crippen LogP contribution in [0.4, 0.5) is 18.0 Å². The topological polar surface area (TPSA) is 78.7 Å². The van der Waals surface area contributed by atoms with E-state index in [0.29, 0.717) is 0 Å². The molecule has 0 aromatic rings. The first-order chi connectivity index (χ1) is 9.07. The van der Waals surface area contributed by atoms with Crippen molar-refractivity contribution in [1.82, 2.24) is 15.1 Å². The third-order valence-corrected chi connectivity index (χ3v) is 3.37. The van der Waals surface area contributed by atoms with Crippen molar-refractivity contribution in [3.05, 3.63) is 0 Å². The number of hydrogen-bond acceptors (Lipinski definition) is 3. The predicted molar refractivity (Wildman–Crippen MR) is 65.9 cm³/mol. The molecule has 0 radical (unpaired) electrons. The number of piperidine rings is 1. The third-order valence-electron chi connectivity index (χ3n) is 3.37. The average Bonchev–Trinajstić information content (AvgIpc) is 2.35. The number of carbonyl (C=O) groups is 2. The van der Waals surface area contributed by atoms with Gasteiger partial charge in [0.1, 0.15) is 5.54 Å². The van der Waals surface area contributed by atoms with E-state index in [9.17, 15) is 22.8 Å². The molecule has 20 heavy (non-hydrogen) atoms. The van der Waals surface area contributed by atoms with Crippen LogP contribution in [0.5, 0.6) is 0 Å². The first-order valence-electron chi connectivity index (χ1n) is 6.15. The number of nitrogens with two attached hydrogens (primary N) is 1. The largest absolute Gasteiger partial charge is 0.401 e. The lowest BCUT2D eigenvalue weighted by Crippen LogP contribution is -2.63. The highest BCUT2D eigenvalue weighted by atomic mass is 19.4. The fourth-order valence-corrected chi connectivity index (χ4v) is 2.14. The van der Waals surface area contributed by atoms with E-state index in [-0.39, 0.29) is 32.0 Å². The normalized spacial score (nSPS) is 18.8. The molecule has 1 heterocycles. The minimum Gasteiger partial charge on any atom is -0.368 e. The summed E-state index contributed by atoms with van der Waals surface area (Å²) in [7, 11) is 3.17. The third kappa shape index (κ3) is 3.99. The predicted octanol–water partition coefficient (Wildman–Crippen LogP) is 0.140. The van der Waals surface area contributed by atoms with E-state index in [1.165, 1.54) is 9.80 Å². The van der Waals surface area contributed by atoms with Gasteiger partial charge in [0.2, 0.25) is 5.91 Å². The van der Waals surface area contributed by atoms with Crippen molar-refractivity contribution in [1.29, 1.82) is 0 Å². The molecule has 0 atom stereocenters. The summed E-state index contributed by atoms with van der Waals surface area (Å²) >= 11 is 0. The SMILES string of the molecule is CN(C)C(=O)N1CCC(NCC(F)(F)F)(C(N)=O)CC1. The Morgan fingerprint density at radius 3 is 2.15 bits per heavy atom. The number of carbonyl (C=O) groups excluding carboxylic acids is 2. The van der Waals surface area contributed by atoms with Crippen molar-refractivity contribution in [3.8, 4) is 0 Å². The zero-order valence-corrected chi connectivity index (χ0v) is 11.5. The molecule has 1 aliphatic rings. The van der Waals surface area contributed by atoms with E-state index in [4.69, 9.17) is 5.73 Å². The van der Waals surface area contributed by atoms with Gasteiger partial charge in [-0.05, 0) is 12.8 Å². The van der Waals surface area contributed by atoms with Crippen LogP contribution in [0.3, 0.4) is 0 Å². The van der Waals surface area contributed by atoms with Gasteiger partial charge in [0, 0.05) is 27.2 Å². The van der Waals surface area contributed by atoms with Gasteiger partial charge in [-0.25, -0.2) is 4.79 Å². The van der Waals surface area contributed by atoms with Crippen molar-refractivity contribution in [2.45, 2.75) is 24.6 Å². The van der Waals surface area contributed by atoms with E-state index < -0.39 is 24.2 Å². The molecule has 0 saturated carbocycles. The summed E-state index contributed by atoms with van der Waals surface area (Å²) in [4.78, 5) is 26.1. The van der Waals surface area contributed by atoms with Crippen LogP contribution in [0.25, 0.3) is 0 Å². The number of amides is 3. The minimum absolute atomic E-state index is 0.0675. The molecule has 0 unspecified atom stereocenters. The molecule has 0 bridgehead atoms. The van der Waals surface area contributed by atoms with Gasteiger partial charge in [0.05, 0.1) is 6.54 Å². The molecule has 116 valence electrons. The lowest BCUT2D eigenvalue weighted by atomic mass is 9.86. The van der Waals surface area contributed by atoms with Crippen molar-refractivity contribution in [2.24, 2.45) is 5.73 Å². The second kappa shape index (κ2) is 5.86. The number of rotatable bonds is 3. The molecule has 0 aromatic heterocycles. The summed E-state index contributed by atoms with van der Waals surface area (Å²) in [6.07, 6.45) is -4.28. The zero-order valence-electron chi connectivity index (χ0n) is 11.5. The molecule has 0 spiro atoms. The number of nitrogens with one attached hydrogen (secondary N) is 1. The van der Waals surface area contributed by atoms with Gasteiger partial charge in [-0.15, -0.1) is 0 Å². The van der Waals surface area contributed by atoms with Gasteiger partial charge in [0.25, 0.3) is 0 Å². The lowest BCUT2D eigenvalue weighted by Gasteiger charge is -2.41. The Morgan fingerprint density at radius 2 is 1.80 bits per heavy atom. The van der Waals surface area contributed by atoms with Crippen molar-refractivity contribution >= 4 is 11.9 Å². The van der Waals surface area contributed by atoms with Gasteiger partial charge in [0.15, 0.2) is 0 Å². The van der Waals surface area contributed by atoms with Gasteiger partial charge in [-0.3, -0.25) is 10.1 Å². The Hall–Kier alpha value is -1.51. The number of urea groups is 1. The summed E-state index contributed by atoms with van der Waals surface area (Å²) in [6, 6.07) is -0.237. The maximum Gasteiger partial charge on any atom is 0.401 e. The smallest absolute Gasteiger partial charge is 0.368 e. The monoisotopic (exact) mass is 296 g/mol. The van der Waals surface area contributed by atoms with Crippen LogP contribution in [0.15, 0.2) is 0 Å². The number of hydrogen-bond donors (Lipinski definition) is 2. The van der Waals surface area contributed by atoms with E-state index in [0.717, 1.165) is 0 Å². The summed E-state index contributed by atoms with van der Waals surface area (Å²) in [5.74, 6) is -0.821. The fraction of sp³-hybridized carbons (Fsp3) is 0.818. The highest BCUT2D eigenvalue weighted by Gasteiger charge is 2.43. The minimum atomic E-state index is -4.42. The highest BCUT2D eigenvalue weighted by Crippen LogP contribution is 2.24. The number of halogens is 3. The zero-order chi connectivity index (χ0) is 15.6. The molecule has 1 fully saturated rings. The van der Waals surface area contributed by atoms with E-state index in [1.807, 2.05) is 0 Å². The number of nitrogens with zero attached hydrogens (tertiary/aromatic N) is 2. The maximum atomic E-state index is 12.3. The molecule has 0 aliphatic carbocycles. The number of likely N-dealkylation sites (tertiary alicyclic amines) is 1. The van der Waals surface area contributed by atoms with E-state index in [1.54, 1.807) is 14.1 Å². The van der Waals surface area contributed by atoms with Crippen LogP contribution in [-0.4, -0.2) is 67.2 Å². The first-order valence-corrected chi connectivity index (χ1v) is 6.15. The first kappa shape index (κ1) is 16.5. The van der Waals surface area contributed by atoms with Gasteiger partial charge < -0.3 is 15.5 Å². The standard InChI is InChI=1S/C11H19F3N4O2/c1-17(2)9(20)18-5-3-10(4-6-18,8(15)19)16-7-11(12,13)14/h16H,3-7H2,1-2H3,(H2,15,19).